The first-order valence-electron chi connectivity index (χ1n) is 20.7. The summed E-state index contributed by atoms with van der Waals surface area (Å²) in [7, 11) is 0. The van der Waals surface area contributed by atoms with Crippen LogP contribution >= 0.6 is 0 Å². The van der Waals surface area contributed by atoms with Crippen LogP contribution in [0.2, 0.25) is 0 Å². The summed E-state index contributed by atoms with van der Waals surface area (Å²) in [6, 6.07) is 6.01. The highest BCUT2D eigenvalue weighted by molar-refractivity contribution is 5.56. The van der Waals surface area contributed by atoms with Gasteiger partial charge in [0.1, 0.15) is 0 Å². The summed E-state index contributed by atoms with van der Waals surface area (Å²) in [4.78, 5) is 0. The van der Waals surface area contributed by atoms with Gasteiger partial charge in [-0.2, -0.15) is 5.26 Å². The fraction of sp³-hybridized carbons (Fsp3) is 0.837. The first kappa shape index (κ1) is 43.1. The zero-order valence-electron chi connectivity index (χ0n) is 31.7. The van der Waals surface area contributed by atoms with Gasteiger partial charge >= 0.3 is 0 Å². The van der Waals surface area contributed by atoms with Crippen LogP contribution in [0, 0.1) is 11.3 Å². The lowest BCUT2D eigenvalue weighted by molar-refractivity contribution is 0.234. The van der Waals surface area contributed by atoms with E-state index in [4.69, 9.17) is 14.2 Å². The molecule has 0 radical (unpaired) electrons. The molecule has 0 heterocycles. The molecule has 0 saturated heterocycles. The first-order chi connectivity index (χ1) is 23.3. The van der Waals surface area contributed by atoms with E-state index in [1.165, 1.54) is 173 Å². The number of nitriles is 1. The zero-order chi connectivity index (χ0) is 33.9. The van der Waals surface area contributed by atoms with Gasteiger partial charge in [0, 0.05) is 12.1 Å². The van der Waals surface area contributed by atoms with E-state index in [-0.39, 0.29) is 0 Å². The van der Waals surface area contributed by atoms with Crippen molar-refractivity contribution in [3.05, 3.63) is 17.7 Å². The maximum absolute atomic E-state index is 9.77. The van der Waals surface area contributed by atoms with Crippen molar-refractivity contribution in [3.8, 4) is 23.3 Å². The molecule has 1 aromatic carbocycles. The molecule has 4 heteroatoms. The molecule has 0 aliphatic carbocycles. The minimum absolute atomic E-state index is 0.576. The fourth-order valence-electron chi connectivity index (χ4n) is 6.30. The second kappa shape index (κ2) is 34.0. The van der Waals surface area contributed by atoms with Gasteiger partial charge in [-0.3, -0.25) is 0 Å². The Morgan fingerprint density at radius 3 is 0.915 bits per heavy atom. The van der Waals surface area contributed by atoms with Crippen molar-refractivity contribution < 1.29 is 14.2 Å². The molecule has 0 bridgehead atoms. The summed E-state index contributed by atoms with van der Waals surface area (Å²) in [5.41, 5.74) is 0.576. The third-order valence-corrected chi connectivity index (χ3v) is 9.41. The smallest absolute Gasteiger partial charge is 0.203 e. The van der Waals surface area contributed by atoms with Crippen molar-refractivity contribution in [1.29, 1.82) is 5.26 Å². The summed E-state index contributed by atoms with van der Waals surface area (Å²) in [5.74, 6) is 2.04. The highest BCUT2D eigenvalue weighted by Gasteiger charge is 2.16. The summed E-state index contributed by atoms with van der Waals surface area (Å²) < 4.78 is 19.0. The van der Waals surface area contributed by atoms with Gasteiger partial charge in [-0.1, -0.05) is 194 Å². The van der Waals surface area contributed by atoms with Crippen molar-refractivity contribution in [1.82, 2.24) is 0 Å². The van der Waals surface area contributed by atoms with Crippen LogP contribution in [0.5, 0.6) is 17.2 Å². The Labute approximate surface area is 293 Å². The average molecular weight is 656 g/mol. The standard InChI is InChI=1S/C43H77NO3/c1-4-7-10-13-16-19-22-25-28-31-34-45-41-37-40(39-44)38-42(46-35-32-29-26-23-20-17-14-11-8-5-2)43(41)47-36-33-30-27-24-21-18-15-12-9-6-3/h37-38H,4-36H2,1-3H3. The van der Waals surface area contributed by atoms with Crippen molar-refractivity contribution in [2.45, 2.75) is 213 Å². The summed E-state index contributed by atoms with van der Waals surface area (Å²) in [6.07, 6.45) is 39.0. The number of hydrogen-bond donors (Lipinski definition) is 0. The largest absolute Gasteiger partial charge is 0.489 e. The number of rotatable bonds is 36. The molecule has 0 aromatic heterocycles. The molecule has 0 fully saturated rings. The van der Waals surface area contributed by atoms with Gasteiger partial charge in [-0.05, 0) is 19.3 Å². The van der Waals surface area contributed by atoms with Gasteiger partial charge in [-0.15, -0.1) is 0 Å². The van der Waals surface area contributed by atoms with Gasteiger partial charge in [-0.25, -0.2) is 0 Å². The molecular weight excluding hydrogens is 578 g/mol. The Balaban J connectivity index is 2.54. The van der Waals surface area contributed by atoms with E-state index in [0.717, 1.165) is 19.3 Å². The second-order valence-electron chi connectivity index (χ2n) is 14.0. The Morgan fingerprint density at radius 1 is 0.383 bits per heavy atom. The molecule has 0 spiro atoms. The number of unbranched alkanes of at least 4 members (excludes halogenated alkanes) is 27. The normalized spacial score (nSPS) is 11.1. The molecule has 1 rings (SSSR count). The third kappa shape index (κ3) is 25.8. The van der Waals surface area contributed by atoms with Crippen LogP contribution < -0.4 is 14.2 Å². The van der Waals surface area contributed by atoms with E-state index in [1.54, 1.807) is 0 Å². The maximum atomic E-state index is 9.77. The van der Waals surface area contributed by atoms with Gasteiger partial charge in [0.2, 0.25) is 5.75 Å². The molecular formula is C43H77NO3. The van der Waals surface area contributed by atoms with Gasteiger partial charge in [0.15, 0.2) is 11.5 Å². The molecule has 47 heavy (non-hydrogen) atoms. The second-order valence-corrected chi connectivity index (χ2v) is 14.0. The molecule has 4 nitrogen and oxygen atoms in total. The average Bonchev–Trinajstić information content (AvgIpc) is 3.09. The molecule has 0 aliphatic rings. The van der Waals surface area contributed by atoms with Crippen molar-refractivity contribution in [2.24, 2.45) is 0 Å². The molecule has 272 valence electrons. The SMILES string of the molecule is CCCCCCCCCCCCOc1cc(C#N)cc(OCCCCCCCCCCCC)c1OCCCCCCCCCCCC. The van der Waals surface area contributed by atoms with E-state index >= 15 is 0 Å². The Morgan fingerprint density at radius 2 is 0.638 bits per heavy atom. The quantitative estimate of drug-likeness (QED) is 0.0675. The van der Waals surface area contributed by atoms with Crippen LogP contribution in [0.4, 0.5) is 0 Å². The van der Waals surface area contributed by atoms with Crippen LogP contribution in [-0.2, 0) is 0 Å². The molecule has 0 saturated carbocycles. The Bertz CT molecular complexity index is 801. The van der Waals surface area contributed by atoms with Crippen molar-refractivity contribution >= 4 is 0 Å². The number of nitrogens with zero attached hydrogens (tertiary/aromatic N) is 1. The van der Waals surface area contributed by atoms with E-state index in [0.29, 0.717) is 42.6 Å². The number of hydrogen-bond acceptors (Lipinski definition) is 4. The van der Waals surface area contributed by atoms with E-state index in [2.05, 4.69) is 26.8 Å². The first-order valence-corrected chi connectivity index (χ1v) is 20.7. The number of ether oxygens (including phenoxy) is 3. The highest BCUT2D eigenvalue weighted by Crippen LogP contribution is 2.39. The van der Waals surface area contributed by atoms with E-state index in [9.17, 15) is 5.26 Å². The summed E-state index contributed by atoms with van der Waals surface area (Å²) >= 11 is 0. The van der Waals surface area contributed by atoms with Crippen molar-refractivity contribution in [2.75, 3.05) is 19.8 Å². The summed E-state index contributed by atoms with van der Waals surface area (Å²) in [6.45, 7) is 8.79. The van der Waals surface area contributed by atoms with Crippen LogP contribution in [0.25, 0.3) is 0 Å². The predicted molar refractivity (Wildman–Crippen MR) is 203 cm³/mol. The monoisotopic (exact) mass is 656 g/mol. The molecule has 1 aromatic rings. The van der Waals surface area contributed by atoms with Crippen LogP contribution in [0.3, 0.4) is 0 Å². The minimum Gasteiger partial charge on any atom is -0.489 e. The number of benzene rings is 1. The van der Waals surface area contributed by atoms with Gasteiger partial charge in [0.25, 0.3) is 0 Å². The van der Waals surface area contributed by atoms with Gasteiger partial charge in [0.05, 0.1) is 31.5 Å². The predicted octanol–water partition coefficient (Wildman–Crippen LogP) is 14.5. The van der Waals surface area contributed by atoms with Crippen molar-refractivity contribution in [3.63, 3.8) is 0 Å². The lowest BCUT2D eigenvalue weighted by Gasteiger charge is -2.18. The van der Waals surface area contributed by atoms with Crippen LogP contribution in [0.15, 0.2) is 12.1 Å². The zero-order valence-corrected chi connectivity index (χ0v) is 31.7. The Kier molecular flexibility index (Phi) is 31.2. The highest BCUT2D eigenvalue weighted by atomic mass is 16.5. The third-order valence-electron chi connectivity index (χ3n) is 9.41. The van der Waals surface area contributed by atoms with Crippen LogP contribution in [0.1, 0.15) is 219 Å². The molecule has 0 N–H and O–H groups in total. The topological polar surface area (TPSA) is 51.5 Å². The lowest BCUT2D eigenvalue weighted by Crippen LogP contribution is -2.07. The van der Waals surface area contributed by atoms with Crippen LogP contribution in [-0.4, -0.2) is 19.8 Å². The summed E-state index contributed by atoms with van der Waals surface area (Å²) in [5, 5.41) is 9.77. The lowest BCUT2D eigenvalue weighted by atomic mass is 10.1. The molecule has 0 aliphatic heterocycles. The molecule has 0 amide bonds. The minimum atomic E-state index is 0.576. The maximum Gasteiger partial charge on any atom is 0.203 e. The molecule has 0 unspecified atom stereocenters. The van der Waals surface area contributed by atoms with E-state index < -0.39 is 0 Å². The van der Waals surface area contributed by atoms with Gasteiger partial charge < -0.3 is 14.2 Å². The molecule has 0 atom stereocenters. The van der Waals surface area contributed by atoms with E-state index in [1.807, 2.05) is 12.1 Å². The fourth-order valence-corrected chi connectivity index (χ4v) is 6.30. The Hall–Kier alpha value is -1.89.